The highest BCUT2D eigenvalue weighted by Crippen LogP contribution is 2.43. The number of nitrogens with one attached hydrogen (secondary N) is 1. The quantitative estimate of drug-likeness (QED) is 0.361. The minimum atomic E-state index is -0.145. The monoisotopic (exact) mass is 598 g/mol. The maximum absolute atomic E-state index is 13.4. The van der Waals surface area contributed by atoms with Crippen LogP contribution in [-0.2, 0) is 22.4 Å². The van der Waals surface area contributed by atoms with E-state index in [1.54, 1.807) is 0 Å². The zero-order chi connectivity index (χ0) is 29.9. The highest BCUT2D eigenvalue weighted by Gasteiger charge is 2.30. The fourth-order valence-corrected chi connectivity index (χ4v) is 7.19. The number of amides is 2. The first-order valence-corrected chi connectivity index (χ1v) is 15.9. The van der Waals surface area contributed by atoms with E-state index in [0.29, 0.717) is 16.8 Å². The van der Waals surface area contributed by atoms with Gasteiger partial charge in [-0.15, -0.1) is 0 Å². The van der Waals surface area contributed by atoms with Gasteiger partial charge in [-0.05, 0) is 56.9 Å². The molecule has 9 nitrogen and oxygen atoms in total. The molecule has 0 spiro atoms. The molecule has 0 saturated carbocycles. The highest BCUT2D eigenvalue weighted by atomic mass is 32.1. The van der Waals surface area contributed by atoms with Crippen LogP contribution in [0.25, 0.3) is 21.8 Å². The summed E-state index contributed by atoms with van der Waals surface area (Å²) in [7, 11) is 0. The van der Waals surface area contributed by atoms with Crippen LogP contribution in [0.1, 0.15) is 54.0 Å². The van der Waals surface area contributed by atoms with Gasteiger partial charge < -0.3 is 15.0 Å². The number of anilines is 1. The number of rotatable bonds is 8. The largest absolute Gasteiger partial charge is 0.377 e. The topological polar surface area (TPSA) is 92.6 Å². The van der Waals surface area contributed by atoms with E-state index in [0.717, 1.165) is 104 Å². The lowest BCUT2D eigenvalue weighted by molar-refractivity contribution is -0.114. The SMILES string of the molecule is C=C/C(=C\C=C/C)c1nn(-c2ccc(C(=O)N3CCN(CC4CCCO4)CC3)cc2)c2c1CCc1nc(NC(C)=O)sc1-2. The third-order valence-electron chi connectivity index (χ3n) is 8.26. The molecule has 3 aromatic rings. The molecule has 0 radical (unpaired) electrons. The van der Waals surface area contributed by atoms with Crippen molar-refractivity contribution in [3.8, 4) is 16.3 Å². The van der Waals surface area contributed by atoms with Gasteiger partial charge in [0.05, 0.1) is 33.8 Å². The Kier molecular flexibility index (Phi) is 8.69. The number of carbonyl (C=O) groups excluding carboxylic acids is 2. The Hall–Kier alpha value is -3.86. The summed E-state index contributed by atoms with van der Waals surface area (Å²) in [5, 5.41) is 8.52. The predicted octanol–water partition coefficient (Wildman–Crippen LogP) is 5.14. The molecule has 1 aliphatic carbocycles. The van der Waals surface area contributed by atoms with Crippen molar-refractivity contribution in [2.75, 3.05) is 44.6 Å². The number of hydrogen-bond acceptors (Lipinski definition) is 7. The van der Waals surface area contributed by atoms with E-state index in [4.69, 9.17) is 14.8 Å². The second-order valence-electron chi connectivity index (χ2n) is 11.2. The molecule has 2 aliphatic heterocycles. The van der Waals surface area contributed by atoms with E-state index in [1.807, 2.05) is 65.1 Å². The molecule has 3 aliphatic rings. The van der Waals surface area contributed by atoms with E-state index in [9.17, 15) is 9.59 Å². The molecular formula is C33H38N6O3S. The summed E-state index contributed by atoms with van der Waals surface area (Å²) in [5.74, 6) is -0.0901. The molecule has 224 valence electrons. The molecule has 10 heteroatoms. The van der Waals surface area contributed by atoms with Crippen molar-refractivity contribution >= 4 is 33.9 Å². The van der Waals surface area contributed by atoms with Crippen molar-refractivity contribution in [2.24, 2.45) is 0 Å². The molecule has 2 fully saturated rings. The lowest BCUT2D eigenvalue weighted by atomic mass is 9.94. The van der Waals surface area contributed by atoms with Crippen molar-refractivity contribution in [2.45, 2.75) is 45.6 Å². The number of allylic oxidation sites excluding steroid dienone is 5. The van der Waals surface area contributed by atoms with Crippen LogP contribution < -0.4 is 5.32 Å². The van der Waals surface area contributed by atoms with Crippen molar-refractivity contribution in [1.82, 2.24) is 24.6 Å². The molecular weight excluding hydrogens is 560 g/mol. The van der Waals surface area contributed by atoms with Crippen molar-refractivity contribution in [3.63, 3.8) is 0 Å². The number of ether oxygens (including phenoxy) is 1. The number of benzene rings is 1. The Morgan fingerprint density at radius 2 is 1.95 bits per heavy atom. The summed E-state index contributed by atoms with van der Waals surface area (Å²) in [5.41, 5.74) is 6.40. The van der Waals surface area contributed by atoms with Crippen LogP contribution in [0, 0.1) is 0 Å². The second-order valence-corrected chi connectivity index (χ2v) is 12.2. The zero-order valence-electron chi connectivity index (χ0n) is 24.8. The van der Waals surface area contributed by atoms with Gasteiger partial charge in [0.2, 0.25) is 5.91 Å². The molecule has 4 heterocycles. The molecule has 2 amide bonds. The molecule has 2 aromatic heterocycles. The van der Waals surface area contributed by atoms with E-state index in [2.05, 4.69) is 16.8 Å². The number of nitrogens with zero attached hydrogens (tertiary/aromatic N) is 5. The first-order valence-electron chi connectivity index (χ1n) is 15.0. The maximum atomic E-state index is 13.4. The van der Waals surface area contributed by atoms with Gasteiger partial charge in [-0.2, -0.15) is 5.10 Å². The molecule has 2 saturated heterocycles. The second kappa shape index (κ2) is 12.8. The van der Waals surface area contributed by atoms with Gasteiger partial charge >= 0.3 is 0 Å². The van der Waals surface area contributed by atoms with Crippen molar-refractivity contribution in [1.29, 1.82) is 0 Å². The number of fused-ring (bicyclic) bond motifs is 3. The fourth-order valence-electron chi connectivity index (χ4n) is 6.07. The Morgan fingerprint density at radius 1 is 1.16 bits per heavy atom. The minimum Gasteiger partial charge on any atom is -0.377 e. The minimum absolute atomic E-state index is 0.0550. The van der Waals surface area contributed by atoms with Gasteiger partial charge in [-0.1, -0.05) is 42.2 Å². The molecule has 43 heavy (non-hydrogen) atoms. The summed E-state index contributed by atoms with van der Waals surface area (Å²) in [6.45, 7) is 12.5. The van der Waals surface area contributed by atoms with E-state index in [1.165, 1.54) is 18.3 Å². The number of hydrogen-bond donors (Lipinski definition) is 1. The molecule has 1 unspecified atom stereocenters. The molecule has 6 rings (SSSR count). The van der Waals surface area contributed by atoms with Gasteiger partial charge in [-0.25, -0.2) is 9.67 Å². The van der Waals surface area contributed by atoms with E-state index in [-0.39, 0.29) is 11.8 Å². The molecule has 1 atom stereocenters. The van der Waals surface area contributed by atoms with E-state index < -0.39 is 0 Å². The number of aromatic nitrogens is 3. The Labute approximate surface area is 256 Å². The summed E-state index contributed by atoms with van der Waals surface area (Å²) in [6.07, 6.45) is 12.0. The van der Waals surface area contributed by atoms with Crippen LogP contribution in [0.4, 0.5) is 5.13 Å². The number of piperazine rings is 1. The van der Waals surface area contributed by atoms with E-state index >= 15 is 0 Å². The zero-order valence-corrected chi connectivity index (χ0v) is 25.7. The third-order valence-corrected chi connectivity index (χ3v) is 9.28. The normalized spacial score (nSPS) is 19.0. The lowest BCUT2D eigenvalue weighted by Crippen LogP contribution is -2.50. The van der Waals surface area contributed by atoms with Crippen LogP contribution in [0.15, 0.2) is 55.1 Å². The number of carbonyl (C=O) groups is 2. The first kappa shape index (κ1) is 29.2. The standard InChI is InChI=1S/C33H38N6O3S/c1-4-6-8-23(5-2)29-27-14-15-28-31(43-33(35-28)34-22(3)40)30(27)39(36-29)25-12-10-24(11-13-25)32(41)38-18-16-37(17-19-38)21-26-9-7-20-42-26/h4-6,8,10-13,26H,2,7,9,14-21H2,1,3H3,(H,34,35,40)/b6-4-,23-8+. The number of thiazole rings is 1. The fraction of sp³-hybridized carbons (Fsp3) is 0.394. The molecule has 0 bridgehead atoms. The third kappa shape index (κ3) is 6.13. The van der Waals surface area contributed by atoms with Crippen LogP contribution in [0.5, 0.6) is 0 Å². The van der Waals surface area contributed by atoms with Crippen LogP contribution in [0.3, 0.4) is 0 Å². The Morgan fingerprint density at radius 3 is 2.63 bits per heavy atom. The first-order chi connectivity index (χ1) is 20.9. The summed E-state index contributed by atoms with van der Waals surface area (Å²) in [6, 6.07) is 7.72. The van der Waals surface area contributed by atoms with Gasteiger partial charge in [0.25, 0.3) is 5.91 Å². The smallest absolute Gasteiger partial charge is 0.253 e. The van der Waals surface area contributed by atoms with Crippen LogP contribution in [0.2, 0.25) is 0 Å². The van der Waals surface area contributed by atoms with Gasteiger partial charge in [-0.3, -0.25) is 14.5 Å². The van der Waals surface area contributed by atoms with Gasteiger partial charge in [0.15, 0.2) is 5.13 Å². The summed E-state index contributed by atoms with van der Waals surface area (Å²) in [4.78, 5) is 35.2. The summed E-state index contributed by atoms with van der Waals surface area (Å²) < 4.78 is 7.74. The predicted molar refractivity (Wildman–Crippen MR) is 171 cm³/mol. The maximum Gasteiger partial charge on any atom is 0.253 e. The van der Waals surface area contributed by atoms with Gasteiger partial charge in [0.1, 0.15) is 0 Å². The van der Waals surface area contributed by atoms with Crippen molar-refractivity contribution in [3.05, 3.63) is 77.7 Å². The summed E-state index contributed by atoms with van der Waals surface area (Å²) >= 11 is 1.47. The van der Waals surface area contributed by atoms with Crippen LogP contribution >= 0.6 is 11.3 Å². The number of aryl methyl sites for hydroxylation is 1. The average molecular weight is 599 g/mol. The molecule has 1 aromatic carbocycles. The van der Waals surface area contributed by atoms with Crippen molar-refractivity contribution < 1.29 is 14.3 Å². The Bertz CT molecular complexity index is 1570. The van der Waals surface area contributed by atoms with Gasteiger partial charge in [0, 0.05) is 63.0 Å². The highest BCUT2D eigenvalue weighted by molar-refractivity contribution is 7.19. The average Bonchev–Trinajstić information content (AvgIpc) is 3.76. The Balaban J connectivity index is 1.27. The molecule has 1 N–H and O–H groups in total. The van der Waals surface area contributed by atoms with Crippen LogP contribution in [-0.4, -0.2) is 81.8 Å². The lowest BCUT2D eigenvalue weighted by Gasteiger charge is -2.35.